The van der Waals surface area contributed by atoms with Gasteiger partial charge in [0.25, 0.3) is 0 Å². The van der Waals surface area contributed by atoms with Crippen molar-refractivity contribution in [1.29, 1.82) is 0 Å². The van der Waals surface area contributed by atoms with Gasteiger partial charge >= 0.3 is 0 Å². The Labute approximate surface area is 158 Å². The summed E-state index contributed by atoms with van der Waals surface area (Å²) >= 11 is 1.48. The highest BCUT2D eigenvalue weighted by atomic mass is 32.1. The van der Waals surface area contributed by atoms with Gasteiger partial charge in [-0.15, -0.1) is 11.3 Å². The molecule has 2 heterocycles. The molecule has 2 aromatic rings. The number of para-hydroxylation sites is 1. The SMILES string of the molecule is Cc1csc(N(C(=O)C2CCN(C(=O)C(C)C)CC2)c2ccccc2)n1. The monoisotopic (exact) mass is 371 g/mol. The molecule has 1 aromatic carbocycles. The fraction of sp³-hybridized carbons (Fsp3) is 0.450. The number of rotatable bonds is 4. The number of hydrogen-bond acceptors (Lipinski definition) is 4. The molecule has 138 valence electrons. The summed E-state index contributed by atoms with van der Waals surface area (Å²) in [4.78, 5) is 33.6. The first-order valence-corrected chi connectivity index (χ1v) is 9.95. The van der Waals surface area contributed by atoms with Crippen molar-refractivity contribution in [3.63, 3.8) is 0 Å². The van der Waals surface area contributed by atoms with Crippen molar-refractivity contribution >= 4 is 34.0 Å². The van der Waals surface area contributed by atoms with E-state index in [1.807, 2.05) is 61.4 Å². The summed E-state index contributed by atoms with van der Waals surface area (Å²) in [6, 6.07) is 9.67. The third kappa shape index (κ3) is 3.96. The van der Waals surface area contributed by atoms with Crippen molar-refractivity contribution in [3.05, 3.63) is 41.4 Å². The largest absolute Gasteiger partial charge is 0.342 e. The third-order valence-corrected chi connectivity index (χ3v) is 5.63. The highest BCUT2D eigenvalue weighted by Crippen LogP contribution is 2.32. The van der Waals surface area contributed by atoms with Gasteiger partial charge in [0.05, 0.1) is 11.4 Å². The van der Waals surface area contributed by atoms with Gasteiger partial charge < -0.3 is 4.90 Å². The predicted molar refractivity (Wildman–Crippen MR) is 105 cm³/mol. The number of benzene rings is 1. The van der Waals surface area contributed by atoms with Gasteiger partial charge in [-0.3, -0.25) is 14.5 Å². The lowest BCUT2D eigenvalue weighted by Crippen LogP contribution is -2.44. The van der Waals surface area contributed by atoms with Gasteiger partial charge in [0.1, 0.15) is 0 Å². The maximum absolute atomic E-state index is 13.3. The first-order valence-electron chi connectivity index (χ1n) is 9.07. The lowest BCUT2D eigenvalue weighted by Gasteiger charge is -2.34. The minimum atomic E-state index is -0.0874. The van der Waals surface area contributed by atoms with E-state index in [-0.39, 0.29) is 23.7 Å². The van der Waals surface area contributed by atoms with Gasteiger partial charge in [0.2, 0.25) is 11.8 Å². The van der Waals surface area contributed by atoms with Gasteiger partial charge in [-0.1, -0.05) is 32.0 Å². The van der Waals surface area contributed by atoms with Crippen molar-refractivity contribution in [2.24, 2.45) is 11.8 Å². The van der Waals surface area contributed by atoms with Gasteiger partial charge in [-0.05, 0) is 31.9 Å². The Bertz CT molecular complexity index is 764. The maximum atomic E-state index is 13.3. The van der Waals surface area contributed by atoms with E-state index in [1.54, 1.807) is 4.90 Å². The number of carbonyl (C=O) groups is 2. The van der Waals surface area contributed by atoms with Crippen LogP contribution in [0.5, 0.6) is 0 Å². The number of anilines is 2. The van der Waals surface area contributed by atoms with E-state index in [9.17, 15) is 9.59 Å². The van der Waals surface area contributed by atoms with Crippen LogP contribution in [0.25, 0.3) is 0 Å². The number of nitrogens with zero attached hydrogens (tertiary/aromatic N) is 3. The molecule has 0 atom stereocenters. The molecule has 0 saturated carbocycles. The number of likely N-dealkylation sites (tertiary alicyclic amines) is 1. The van der Waals surface area contributed by atoms with Gasteiger partial charge in [0, 0.05) is 30.3 Å². The van der Waals surface area contributed by atoms with E-state index in [1.165, 1.54) is 11.3 Å². The summed E-state index contributed by atoms with van der Waals surface area (Å²) in [5, 5.41) is 2.67. The molecular weight excluding hydrogens is 346 g/mol. The Morgan fingerprint density at radius 3 is 2.38 bits per heavy atom. The van der Waals surface area contributed by atoms with Crippen molar-refractivity contribution in [1.82, 2.24) is 9.88 Å². The van der Waals surface area contributed by atoms with E-state index in [4.69, 9.17) is 0 Å². The van der Waals surface area contributed by atoms with Crippen molar-refractivity contribution < 1.29 is 9.59 Å². The molecule has 26 heavy (non-hydrogen) atoms. The summed E-state index contributed by atoms with van der Waals surface area (Å²) in [5.41, 5.74) is 1.75. The summed E-state index contributed by atoms with van der Waals surface area (Å²) in [6.07, 6.45) is 1.40. The number of aryl methyl sites for hydroxylation is 1. The number of amides is 2. The topological polar surface area (TPSA) is 53.5 Å². The lowest BCUT2D eigenvalue weighted by molar-refractivity contribution is -0.137. The highest BCUT2D eigenvalue weighted by molar-refractivity contribution is 7.14. The first kappa shape index (κ1) is 18.6. The molecule has 0 radical (unpaired) electrons. The first-order chi connectivity index (χ1) is 12.5. The van der Waals surface area contributed by atoms with Crippen LogP contribution in [0.1, 0.15) is 32.4 Å². The van der Waals surface area contributed by atoms with Crippen LogP contribution in [0.15, 0.2) is 35.7 Å². The second kappa shape index (κ2) is 7.99. The number of piperidine rings is 1. The second-order valence-corrected chi connectivity index (χ2v) is 7.87. The summed E-state index contributed by atoms with van der Waals surface area (Å²) in [6.45, 7) is 7.06. The molecule has 0 N–H and O–H groups in total. The summed E-state index contributed by atoms with van der Waals surface area (Å²) < 4.78 is 0. The van der Waals surface area contributed by atoms with E-state index < -0.39 is 0 Å². The van der Waals surface area contributed by atoms with Gasteiger partial charge in [-0.2, -0.15) is 0 Å². The van der Waals surface area contributed by atoms with Crippen LogP contribution in [0.4, 0.5) is 10.8 Å². The summed E-state index contributed by atoms with van der Waals surface area (Å²) in [5.74, 6) is 0.158. The zero-order valence-corrected chi connectivity index (χ0v) is 16.3. The smallest absolute Gasteiger partial charge is 0.236 e. The van der Waals surface area contributed by atoms with Crippen LogP contribution in [0.3, 0.4) is 0 Å². The average Bonchev–Trinajstić information content (AvgIpc) is 3.08. The molecule has 5 nitrogen and oxygen atoms in total. The molecule has 0 aliphatic carbocycles. The zero-order valence-electron chi connectivity index (χ0n) is 15.5. The normalized spacial score (nSPS) is 15.3. The molecule has 1 saturated heterocycles. The van der Waals surface area contributed by atoms with Gasteiger partial charge in [-0.25, -0.2) is 4.98 Å². The fourth-order valence-corrected chi connectivity index (χ4v) is 4.07. The van der Waals surface area contributed by atoms with Crippen LogP contribution in [0, 0.1) is 18.8 Å². The maximum Gasteiger partial charge on any atom is 0.236 e. The van der Waals surface area contributed by atoms with Crippen LogP contribution < -0.4 is 4.90 Å². The molecule has 3 rings (SSSR count). The van der Waals surface area contributed by atoms with Crippen molar-refractivity contribution in [2.75, 3.05) is 18.0 Å². The summed E-state index contributed by atoms with van der Waals surface area (Å²) in [7, 11) is 0. The number of thiazole rings is 1. The lowest BCUT2D eigenvalue weighted by atomic mass is 9.94. The van der Waals surface area contributed by atoms with E-state index in [0.717, 1.165) is 11.4 Å². The molecule has 6 heteroatoms. The quantitative estimate of drug-likeness (QED) is 0.816. The van der Waals surface area contributed by atoms with Crippen LogP contribution in [-0.2, 0) is 9.59 Å². The zero-order chi connectivity index (χ0) is 18.7. The molecule has 0 unspecified atom stereocenters. The highest BCUT2D eigenvalue weighted by Gasteiger charge is 2.33. The molecule has 1 aliphatic heterocycles. The van der Waals surface area contributed by atoms with Crippen molar-refractivity contribution in [3.8, 4) is 0 Å². The minimum absolute atomic E-state index is 0.00126. The van der Waals surface area contributed by atoms with E-state index >= 15 is 0 Å². The standard InChI is InChI=1S/C20H25N3O2S/c1-14(2)18(24)22-11-9-16(10-12-22)19(25)23(17-7-5-4-6-8-17)20-21-15(3)13-26-20/h4-8,13-14,16H,9-12H2,1-3H3. The van der Waals surface area contributed by atoms with Crippen LogP contribution in [0.2, 0.25) is 0 Å². The molecule has 1 aromatic heterocycles. The van der Waals surface area contributed by atoms with Crippen LogP contribution in [-0.4, -0.2) is 34.8 Å². The number of carbonyl (C=O) groups excluding carboxylic acids is 2. The predicted octanol–water partition coefficient (Wildman–Crippen LogP) is 4.01. The molecule has 2 amide bonds. The third-order valence-electron chi connectivity index (χ3n) is 4.68. The van der Waals surface area contributed by atoms with E-state index in [0.29, 0.717) is 31.1 Å². The molecule has 1 aliphatic rings. The second-order valence-electron chi connectivity index (χ2n) is 7.03. The minimum Gasteiger partial charge on any atom is -0.342 e. The number of hydrogen-bond donors (Lipinski definition) is 0. The van der Waals surface area contributed by atoms with Gasteiger partial charge in [0.15, 0.2) is 5.13 Å². The molecular formula is C20H25N3O2S. The van der Waals surface area contributed by atoms with E-state index in [2.05, 4.69) is 4.98 Å². The Kier molecular flexibility index (Phi) is 5.71. The van der Waals surface area contributed by atoms with Crippen molar-refractivity contribution in [2.45, 2.75) is 33.6 Å². The Morgan fingerprint density at radius 2 is 1.85 bits per heavy atom. The molecule has 1 fully saturated rings. The molecule has 0 bridgehead atoms. The Morgan fingerprint density at radius 1 is 1.19 bits per heavy atom. The van der Waals surface area contributed by atoms with Crippen LogP contribution >= 0.6 is 11.3 Å². The average molecular weight is 372 g/mol. The Hall–Kier alpha value is -2.21. The number of aromatic nitrogens is 1. The Balaban J connectivity index is 1.78. The fourth-order valence-electron chi connectivity index (χ4n) is 3.25. The molecule has 0 spiro atoms.